The molecule has 0 bridgehead atoms. The summed E-state index contributed by atoms with van der Waals surface area (Å²) < 4.78 is 0. The summed E-state index contributed by atoms with van der Waals surface area (Å²) in [5.74, 6) is 0. The lowest BCUT2D eigenvalue weighted by Crippen LogP contribution is -2.48. The van der Waals surface area contributed by atoms with Crippen molar-refractivity contribution >= 4 is 0 Å². The van der Waals surface area contributed by atoms with Gasteiger partial charge in [-0.15, -0.1) is 0 Å². The highest BCUT2D eigenvalue weighted by molar-refractivity contribution is 4.86. The number of rotatable bonds is 2. The lowest BCUT2D eigenvalue weighted by atomic mass is 10.0. The minimum atomic E-state index is 0.430. The van der Waals surface area contributed by atoms with Gasteiger partial charge in [-0.2, -0.15) is 0 Å². The number of likely N-dealkylation sites (tertiary alicyclic amines) is 2. The van der Waals surface area contributed by atoms with Crippen LogP contribution in [0.3, 0.4) is 0 Å². The van der Waals surface area contributed by atoms with Gasteiger partial charge in [0.25, 0.3) is 0 Å². The first kappa shape index (κ1) is 10.4. The van der Waals surface area contributed by atoms with Crippen LogP contribution in [0.5, 0.6) is 0 Å². The molecule has 3 nitrogen and oxygen atoms in total. The number of hydrogen-bond donors (Lipinski definition) is 1. The molecule has 0 aromatic carbocycles. The summed E-state index contributed by atoms with van der Waals surface area (Å²) in [6, 6.07) is 1.22. The van der Waals surface area contributed by atoms with E-state index in [1.54, 1.807) is 0 Å². The number of hydrogen-bond acceptors (Lipinski definition) is 3. The first-order chi connectivity index (χ1) is 6.79. The molecule has 82 valence electrons. The molecule has 14 heavy (non-hydrogen) atoms. The van der Waals surface area contributed by atoms with E-state index >= 15 is 0 Å². The summed E-state index contributed by atoms with van der Waals surface area (Å²) in [5.41, 5.74) is 6.00. The van der Waals surface area contributed by atoms with Crippen LogP contribution in [0.1, 0.15) is 26.2 Å². The third-order valence-corrected chi connectivity index (χ3v) is 3.70. The van der Waals surface area contributed by atoms with Gasteiger partial charge in [-0.05, 0) is 38.9 Å². The smallest absolute Gasteiger partial charge is 0.0235 e. The minimum absolute atomic E-state index is 0.430. The Morgan fingerprint density at radius 1 is 1.21 bits per heavy atom. The van der Waals surface area contributed by atoms with E-state index in [0.29, 0.717) is 6.04 Å². The van der Waals surface area contributed by atoms with E-state index in [9.17, 15) is 0 Å². The molecule has 3 heteroatoms. The first-order valence-corrected chi connectivity index (χ1v) is 6.01. The fourth-order valence-electron chi connectivity index (χ4n) is 2.77. The molecule has 2 rings (SSSR count). The molecule has 0 spiro atoms. The Kier molecular flexibility index (Phi) is 3.42. The molecule has 2 saturated heterocycles. The molecule has 2 N–H and O–H groups in total. The van der Waals surface area contributed by atoms with Crippen LogP contribution in [0.4, 0.5) is 0 Å². The zero-order valence-electron chi connectivity index (χ0n) is 9.28. The highest BCUT2D eigenvalue weighted by Crippen LogP contribution is 2.19. The fraction of sp³-hybridized carbons (Fsp3) is 1.00. The highest BCUT2D eigenvalue weighted by Gasteiger charge is 2.29. The monoisotopic (exact) mass is 197 g/mol. The van der Waals surface area contributed by atoms with Crippen LogP contribution in [0.2, 0.25) is 0 Å². The SMILES string of the molecule is CCN1CCC(N2CCCC(N)C2)C1. The number of nitrogens with two attached hydrogens (primary N) is 1. The molecule has 0 aliphatic carbocycles. The highest BCUT2D eigenvalue weighted by atomic mass is 15.3. The normalized spacial score (nSPS) is 36.4. The molecule has 0 amide bonds. The van der Waals surface area contributed by atoms with Crippen LogP contribution in [0, 0.1) is 0 Å². The summed E-state index contributed by atoms with van der Waals surface area (Å²) in [5, 5.41) is 0. The first-order valence-electron chi connectivity index (χ1n) is 6.01. The molecule has 2 fully saturated rings. The Morgan fingerprint density at radius 3 is 2.71 bits per heavy atom. The van der Waals surface area contributed by atoms with Crippen molar-refractivity contribution in [1.82, 2.24) is 9.80 Å². The summed E-state index contributed by atoms with van der Waals surface area (Å²) in [4.78, 5) is 5.16. The van der Waals surface area contributed by atoms with E-state index < -0.39 is 0 Å². The summed E-state index contributed by atoms with van der Waals surface area (Å²) >= 11 is 0. The van der Waals surface area contributed by atoms with Gasteiger partial charge in [-0.1, -0.05) is 6.92 Å². The van der Waals surface area contributed by atoms with Crippen molar-refractivity contribution in [3.8, 4) is 0 Å². The van der Waals surface area contributed by atoms with Crippen molar-refractivity contribution in [1.29, 1.82) is 0 Å². The van der Waals surface area contributed by atoms with Gasteiger partial charge in [-0.25, -0.2) is 0 Å². The quantitative estimate of drug-likeness (QED) is 0.700. The maximum atomic E-state index is 6.00. The predicted octanol–water partition coefficient (Wildman–Crippen LogP) is 0.504. The zero-order chi connectivity index (χ0) is 9.97. The van der Waals surface area contributed by atoms with Crippen molar-refractivity contribution in [3.63, 3.8) is 0 Å². The standard InChI is InChI=1S/C11H23N3/c1-2-13-7-5-11(9-13)14-6-3-4-10(12)8-14/h10-11H,2-9,12H2,1H3. The Balaban J connectivity index is 1.83. The van der Waals surface area contributed by atoms with Crippen LogP contribution in [0.15, 0.2) is 0 Å². The van der Waals surface area contributed by atoms with Gasteiger partial charge in [-0.3, -0.25) is 4.90 Å². The van der Waals surface area contributed by atoms with Gasteiger partial charge in [0, 0.05) is 25.2 Å². The second-order valence-corrected chi connectivity index (χ2v) is 4.73. The van der Waals surface area contributed by atoms with Gasteiger partial charge in [0.05, 0.1) is 0 Å². The van der Waals surface area contributed by atoms with Crippen LogP contribution >= 0.6 is 0 Å². The molecule has 2 unspecified atom stereocenters. The molecule has 2 aliphatic rings. The maximum Gasteiger partial charge on any atom is 0.0235 e. The van der Waals surface area contributed by atoms with Gasteiger partial charge >= 0.3 is 0 Å². The summed E-state index contributed by atoms with van der Waals surface area (Å²) in [6.45, 7) is 8.41. The number of piperidine rings is 1. The molecule has 2 aliphatic heterocycles. The molecule has 0 saturated carbocycles. The van der Waals surface area contributed by atoms with Crippen molar-refractivity contribution in [2.45, 2.75) is 38.3 Å². The van der Waals surface area contributed by atoms with Crippen molar-refractivity contribution in [3.05, 3.63) is 0 Å². The number of likely N-dealkylation sites (N-methyl/N-ethyl adjacent to an activating group) is 1. The van der Waals surface area contributed by atoms with Gasteiger partial charge in [0.2, 0.25) is 0 Å². The molecule has 0 aromatic heterocycles. The predicted molar refractivity (Wildman–Crippen MR) is 59.3 cm³/mol. The molecule has 0 aromatic rings. The van der Waals surface area contributed by atoms with E-state index in [1.807, 2.05) is 0 Å². The van der Waals surface area contributed by atoms with Crippen molar-refractivity contribution in [2.24, 2.45) is 5.73 Å². The third-order valence-electron chi connectivity index (χ3n) is 3.70. The van der Waals surface area contributed by atoms with E-state index in [2.05, 4.69) is 16.7 Å². The van der Waals surface area contributed by atoms with E-state index in [1.165, 1.54) is 45.4 Å². The second-order valence-electron chi connectivity index (χ2n) is 4.73. The second kappa shape index (κ2) is 4.60. The van der Waals surface area contributed by atoms with E-state index in [4.69, 9.17) is 5.73 Å². The zero-order valence-corrected chi connectivity index (χ0v) is 9.28. The largest absolute Gasteiger partial charge is 0.327 e. The Hall–Kier alpha value is -0.120. The Bertz CT molecular complexity index is 183. The third kappa shape index (κ3) is 2.27. The van der Waals surface area contributed by atoms with Crippen molar-refractivity contribution in [2.75, 3.05) is 32.7 Å². The van der Waals surface area contributed by atoms with Crippen LogP contribution in [-0.4, -0.2) is 54.6 Å². The summed E-state index contributed by atoms with van der Waals surface area (Å²) in [6.07, 6.45) is 3.87. The van der Waals surface area contributed by atoms with Gasteiger partial charge < -0.3 is 10.6 Å². The van der Waals surface area contributed by atoms with Crippen LogP contribution in [-0.2, 0) is 0 Å². The topological polar surface area (TPSA) is 32.5 Å². The average molecular weight is 197 g/mol. The molecular formula is C11H23N3. The van der Waals surface area contributed by atoms with Crippen LogP contribution < -0.4 is 5.73 Å². The van der Waals surface area contributed by atoms with Crippen LogP contribution in [0.25, 0.3) is 0 Å². The minimum Gasteiger partial charge on any atom is -0.327 e. The summed E-state index contributed by atoms with van der Waals surface area (Å²) in [7, 11) is 0. The lowest BCUT2D eigenvalue weighted by Gasteiger charge is -2.35. The molecule has 0 radical (unpaired) electrons. The van der Waals surface area contributed by atoms with Gasteiger partial charge in [0.15, 0.2) is 0 Å². The van der Waals surface area contributed by atoms with Crippen molar-refractivity contribution < 1.29 is 0 Å². The molecular weight excluding hydrogens is 174 g/mol. The number of nitrogens with zero attached hydrogens (tertiary/aromatic N) is 2. The van der Waals surface area contributed by atoms with E-state index in [-0.39, 0.29) is 0 Å². The van der Waals surface area contributed by atoms with Gasteiger partial charge in [0.1, 0.15) is 0 Å². The molecule has 2 heterocycles. The average Bonchev–Trinajstić information content (AvgIpc) is 2.66. The maximum absolute atomic E-state index is 6.00. The Morgan fingerprint density at radius 2 is 2.07 bits per heavy atom. The molecule has 2 atom stereocenters. The van der Waals surface area contributed by atoms with E-state index in [0.717, 1.165) is 12.6 Å². The lowest BCUT2D eigenvalue weighted by molar-refractivity contribution is 0.150. The Labute approximate surface area is 87.2 Å². The fourth-order valence-corrected chi connectivity index (χ4v) is 2.77.